The summed E-state index contributed by atoms with van der Waals surface area (Å²) in [7, 11) is 1.82. The second-order valence-corrected chi connectivity index (χ2v) is 7.46. The number of hydrogen-bond acceptors (Lipinski definition) is 8. The van der Waals surface area contributed by atoms with E-state index in [2.05, 4.69) is 37.0 Å². The molecule has 33 heavy (non-hydrogen) atoms. The first-order chi connectivity index (χ1) is 15.8. The van der Waals surface area contributed by atoms with Gasteiger partial charge in [0.2, 0.25) is 11.9 Å². The van der Waals surface area contributed by atoms with Crippen molar-refractivity contribution in [3.63, 3.8) is 0 Å². The highest BCUT2D eigenvalue weighted by Gasteiger charge is 2.13. The molecule has 10 heteroatoms. The maximum atomic E-state index is 12.5. The molecule has 2 aromatic carbocycles. The molecular formula is C23H23N9O. The molecule has 0 aliphatic rings. The summed E-state index contributed by atoms with van der Waals surface area (Å²) < 4.78 is 0. The number of nitrogens with two attached hydrogens (primary N) is 1. The Kier molecular flexibility index (Phi) is 5.81. The minimum absolute atomic E-state index is 0.122. The van der Waals surface area contributed by atoms with Gasteiger partial charge < -0.3 is 10.6 Å². The van der Waals surface area contributed by atoms with E-state index in [0.29, 0.717) is 34.3 Å². The fourth-order valence-corrected chi connectivity index (χ4v) is 3.13. The summed E-state index contributed by atoms with van der Waals surface area (Å²) in [5.74, 6) is 0.963. The summed E-state index contributed by atoms with van der Waals surface area (Å²) in [4.78, 5) is 28.1. The molecule has 4 aromatic rings. The SMILES string of the molecule is C=C(C)c1nc(N)nc(N(C)c2ccc(N=Nn3[nH]c(-c4ccccc4)c(C)c3=O)cc2)n1. The van der Waals surface area contributed by atoms with Gasteiger partial charge in [-0.2, -0.15) is 15.0 Å². The molecule has 0 fully saturated rings. The van der Waals surface area contributed by atoms with Crippen molar-refractivity contribution in [2.24, 2.45) is 10.3 Å². The Hall–Kier alpha value is -4.60. The molecule has 0 radical (unpaired) electrons. The van der Waals surface area contributed by atoms with Crippen molar-refractivity contribution >= 4 is 28.8 Å². The molecule has 0 amide bonds. The Morgan fingerprint density at radius 3 is 2.45 bits per heavy atom. The molecule has 10 nitrogen and oxygen atoms in total. The monoisotopic (exact) mass is 441 g/mol. The third kappa shape index (κ3) is 4.54. The van der Waals surface area contributed by atoms with Gasteiger partial charge in [-0.1, -0.05) is 36.9 Å². The number of nitrogens with zero attached hydrogens (tertiary/aromatic N) is 7. The number of rotatable bonds is 6. The average molecular weight is 441 g/mol. The van der Waals surface area contributed by atoms with Gasteiger partial charge in [0, 0.05) is 18.3 Å². The number of H-pyrrole nitrogens is 1. The van der Waals surface area contributed by atoms with Crippen LogP contribution >= 0.6 is 0 Å². The lowest BCUT2D eigenvalue weighted by molar-refractivity contribution is 0.670. The Morgan fingerprint density at radius 1 is 1.09 bits per heavy atom. The van der Waals surface area contributed by atoms with Crippen molar-refractivity contribution in [2.75, 3.05) is 17.7 Å². The Morgan fingerprint density at radius 2 is 1.79 bits per heavy atom. The largest absolute Gasteiger partial charge is 0.368 e. The van der Waals surface area contributed by atoms with Crippen LogP contribution in [0.4, 0.5) is 23.3 Å². The van der Waals surface area contributed by atoms with Crippen LogP contribution in [0.3, 0.4) is 0 Å². The summed E-state index contributed by atoms with van der Waals surface area (Å²) in [5, 5.41) is 11.2. The standard InChI is InChI=1S/C23H23N9O/c1-14(2)20-25-22(24)27-23(26-20)31(4)18-12-10-17(11-13-18)28-30-32-21(33)15(3)19(29-32)16-8-6-5-7-9-16/h5-13,29H,1H2,2-4H3,(H2,24,25,26,27). The van der Waals surface area contributed by atoms with Gasteiger partial charge in [-0.05, 0) is 54.5 Å². The minimum Gasteiger partial charge on any atom is -0.368 e. The molecule has 2 aromatic heterocycles. The molecule has 0 atom stereocenters. The number of nitrogens with one attached hydrogen (secondary N) is 1. The zero-order valence-corrected chi connectivity index (χ0v) is 18.5. The van der Waals surface area contributed by atoms with E-state index >= 15 is 0 Å². The number of aromatic nitrogens is 5. The van der Waals surface area contributed by atoms with Gasteiger partial charge in [-0.3, -0.25) is 9.89 Å². The van der Waals surface area contributed by atoms with Crippen LogP contribution in [0.2, 0.25) is 0 Å². The van der Waals surface area contributed by atoms with Crippen LogP contribution in [-0.4, -0.2) is 31.9 Å². The van der Waals surface area contributed by atoms with Gasteiger partial charge in [0.05, 0.1) is 11.4 Å². The van der Waals surface area contributed by atoms with Gasteiger partial charge in [0.25, 0.3) is 5.56 Å². The quantitative estimate of drug-likeness (QED) is 0.430. The van der Waals surface area contributed by atoms with Crippen LogP contribution < -0.4 is 16.2 Å². The maximum absolute atomic E-state index is 12.5. The van der Waals surface area contributed by atoms with Gasteiger partial charge in [-0.25, -0.2) is 0 Å². The zero-order chi connectivity index (χ0) is 23.5. The Bertz CT molecular complexity index is 1390. The lowest BCUT2D eigenvalue weighted by Crippen LogP contribution is -2.16. The molecule has 0 saturated carbocycles. The van der Waals surface area contributed by atoms with Gasteiger partial charge in [0.1, 0.15) is 0 Å². The summed E-state index contributed by atoms with van der Waals surface area (Å²) >= 11 is 0. The van der Waals surface area contributed by atoms with Gasteiger partial charge >= 0.3 is 0 Å². The summed E-state index contributed by atoms with van der Waals surface area (Å²) in [6.45, 7) is 7.41. The van der Waals surface area contributed by atoms with E-state index < -0.39 is 0 Å². The number of anilines is 3. The maximum Gasteiger partial charge on any atom is 0.292 e. The van der Waals surface area contributed by atoms with Crippen molar-refractivity contribution in [1.82, 2.24) is 24.8 Å². The lowest BCUT2D eigenvalue weighted by Gasteiger charge is -2.17. The number of hydrogen-bond donors (Lipinski definition) is 2. The third-order valence-electron chi connectivity index (χ3n) is 4.98. The highest BCUT2D eigenvalue weighted by Crippen LogP contribution is 2.25. The molecule has 0 aliphatic carbocycles. The molecule has 0 saturated heterocycles. The second kappa shape index (κ2) is 8.87. The van der Waals surface area contributed by atoms with Crippen molar-refractivity contribution in [3.05, 3.63) is 82.9 Å². The molecule has 0 aliphatic heterocycles. The van der Waals surface area contributed by atoms with Crippen LogP contribution in [0.1, 0.15) is 18.3 Å². The molecule has 0 spiro atoms. The van der Waals surface area contributed by atoms with E-state index in [4.69, 9.17) is 5.73 Å². The molecule has 0 bridgehead atoms. The van der Waals surface area contributed by atoms with Crippen LogP contribution in [0, 0.1) is 6.92 Å². The lowest BCUT2D eigenvalue weighted by atomic mass is 10.1. The normalized spacial score (nSPS) is 11.1. The summed E-state index contributed by atoms with van der Waals surface area (Å²) in [5.41, 5.74) is 9.82. The topological polar surface area (TPSA) is 130 Å². The first kappa shape index (κ1) is 21.6. The van der Waals surface area contributed by atoms with Gasteiger partial charge in [-0.15, -0.1) is 9.91 Å². The van der Waals surface area contributed by atoms with Crippen molar-refractivity contribution in [1.29, 1.82) is 0 Å². The average Bonchev–Trinajstić information content (AvgIpc) is 3.11. The van der Waals surface area contributed by atoms with Crippen LogP contribution in [-0.2, 0) is 0 Å². The Labute approximate surface area is 190 Å². The van der Waals surface area contributed by atoms with Crippen LogP contribution in [0.15, 0.2) is 76.3 Å². The van der Waals surface area contributed by atoms with Crippen molar-refractivity contribution in [3.8, 4) is 11.3 Å². The predicted octanol–water partition coefficient (Wildman–Crippen LogP) is 4.27. The molecule has 3 N–H and O–H groups in total. The highest BCUT2D eigenvalue weighted by atomic mass is 16.1. The molecule has 2 heterocycles. The van der Waals surface area contributed by atoms with E-state index in [1.165, 1.54) is 0 Å². The molecular weight excluding hydrogens is 418 g/mol. The van der Waals surface area contributed by atoms with Crippen molar-refractivity contribution < 1.29 is 0 Å². The van der Waals surface area contributed by atoms with E-state index in [1.807, 2.05) is 49.5 Å². The zero-order valence-electron chi connectivity index (χ0n) is 18.5. The van der Waals surface area contributed by atoms with Gasteiger partial charge in [0.15, 0.2) is 5.82 Å². The molecule has 0 unspecified atom stereocenters. The fourth-order valence-electron chi connectivity index (χ4n) is 3.13. The predicted molar refractivity (Wildman–Crippen MR) is 129 cm³/mol. The number of benzene rings is 2. The van der Waals surface area contributed by atoms with Crippen molar-refractivity contribution in [2.45, 2.75) is 13.8 Å². The smallest absolute Gasteiger partial charge is 0.292 e. The first-order valence-electron chi connectivity index (χ1n) is 10.1. The number of allylic oxidation sites excluding steroid dienone is 1. The second-order valence-electron chi connectivity index (χ2n) is 7.46. The van der Waals surface area contributed by atoms with E-state index in [9.17, 15) is 4.79 Å². The number of aromatic amines is 1. The summed E-state index contributed by atoms with van der Waals surface area (Å²) in [6.07, 6.45) is 0. The summed E-state index contributed by atoms with van der Waals surface area (Å²) in [6, 6.07) is 16.8. The third-order valence-corrected chi connectivity index (χ3v) is 4.98. The van der Waals surface area contributed by atoms with Crippen LogP contribution in [0.25, 0.3) is 16.8 Å². The van der Waals surface area contributed by atoms with Crippen LogP contribution in [0.5, 0.6) is 0 Å². The Balaban J connectivity index is 1.55. The minimum atomic E-state index is -0.255. The first-order valence-corrected chi connectivity index (χ1v) is 10.1. The molecule has 4 rings (SSSR count). The van der Waals surface area contributed by atoms with E-state index in [-0.39, 0.29) is 11.5 Å². The van der Waals surface area contributed by atoms with E-state index in [0.717, 1.165) is 16.0 Å². The highest BCUT2D eigenvalue weighted by molar-refractivity contribution is 5.63. The molecule has 166 valence electrons. The fraction of sp³-hybridized carbons (Fsp3) is 0.130. The van der Waals surface area contributed by atoms with E-state index in [1.54, 1.807) is 30.9 Å². The number of nitrogen functional groups attached to an aromatic ring is 1.